The molecule has 1 aliphatic rings. The minimum Gasteiger partial charge on any atom is -0.508 e. The molecule has 116 valence electrons. The Bertz CT molecular complexity index is 494. The highest BCUT2D eigenvalue weighted by Gasteiger charge is 2.49. The molecule has 4 heteroatoms. The number of benzene rings is 1. The predicted octanol–water partition coefficient (Wildman–Crippen LogP) is 3.64. The number of rotatable bonds is 2. The summed E-state index contributed by atoms with van der Waals surface area (Å²) in [6.07, 6.45) is 2.13. The van der Waals surface area contributed by atoms with E-state index >= 15 is 0 Å². The van der Waals surface area contributed by atoms with Crippen LogP contribution in [0.4, 0.5) is 4.79 Å². The highest BCUT2D eigenvalue weighted by atomic mass is 16.4. The number of nitrogens with zero attached hydrogens (tertiary/aromatic N) is 1. The smallest absolute Gasteiger partial charge is 0.508 e. The summed E-state index contributed by atoms with van der Waals surface area (Å²) in [6, 6.07) is 7.33. The number of aromatic hydroxyl groups is 1. The molecule has 0 aromatic heterocycles. The fourth-order valence-corrected chi connectivity index (χ4v) is 3.38. The second-order valence-electron chi connectivity index (χ2n) is 7.18. The Morgan fingerprint density at radius 2 is 1.71 bits per heavy atom. The molecule has 1 amide bonds. The van der Waals surface area contributed by atoms with Crippen LogP contribution in [0, 0.1) is 5.92 Å². The lowest BCUT2D eigenvalue weighted by atomic mass is 9.86. The van der Waals surface area contributed by atoms with Gasteiger partial charge in [-0.05, 0) is 50.8 Å². The molecule has 0 radical (unpaired) electrons. The number of phenolic OH excluding ortho intramolecular Hbond substituents is 1. The normalized spacial score (nSPS) is 26.5. The predicted molar refractivity (Wildman–Crippen MR) is 82.3 cm³/mol. The van der Waals surface area contributed by atoms with Crippen LogP contribution in [0.2, 0.25) is 0 Å². The van der Waals surface area contributed by atoms with E-state index in [0.717, 1.165) is 19.3 Å². The molecule has 1 aromatic rings. The Labute approximate surface area is 126 Å². The van der Waals surface area contributed by atoms with Crippen molar-refractivity contribution in [1.29, 1.82) is 0 Å². The van der Waals surface area contributed by atoms with Crippen molar-refractivity contribution in [2.45, 2.75) is 45.6 Å². The van der Waals surface area contributed by atoms with Crippen molar-refractivity contribution in [1.82, 2.24) is 0 Å². The Balaban J connectivity index is 2.02. The maximum absolute atomic E-state index is 11.8. The van der Waals surface area contributed by atoms with Gasteiger partial charge in [0.05, 0.1) is 13.1 Å². The van der Waals surface area contributed by atoms with Gasteiger partial charge >= 0.3 is 6.09 Å². The molecular formula is C17H26NO3+. The first-order chi connectivity index (χ1) is 9.74. The van der Waals surface area contributed by atoms with Gasteiger partial charge in [0, 0.05) is 12.8 Å². The van der Waals surface area contributed by atoms with Gasteiger partial charge in [-0.3, -0.25) is 0 Å². The highest BCUT2D eigenvalue weighted by Crippen LogP contribution is 2.34. The molecule has 21 heavy (non-hydrogen) atoms. The van der Waals surface area contributed by atoms with Crippen molar-refractivity contribution in [3.05, 3.63) is 29.8 Å². The average molecular weight is 292 g/mol. The van der Waals surface area contributed by atoms with E-state index < -0.39 is 6.09 Å². The molecule has 2 N–H and O–H groups in total. The zero-order chi connectivity index (χ0) is 15.7. The van der Waals surface area contributed by atoms with E-state index in [1.165, 1.54) is 5.56 Å². The van der Waals surface area contributed by atoms with Crippen LogP contribution in [-0.2, 0) is 6.42 Å². The Morgan fingerprint density at radius 3 is 2.14 bits per heavy atom. The zero-order valence-electron chi connectivity index (χ0n) is 13.2. The van der Waals surface area contributed by atoms with Gasteiger partial charge in [0.15, 0.2) is 0 Å². The first kappa shape index (κ1) is 15.8. The first-order valence-electron chi connectivity index (χ1n) is 7.63. The largest absolute Gasteiger partial charge is 0.513 e. The maximum atomic E-state index is 11.8. The summed E-state index contributed by atoms with van der Waals surface area (Å²) >= 11 is 0. The second-order valence-corrected chi connectivity index (χ2v) is 7.18. The summed E-state index contributed by atoms with van der Waals surface area (Å²) in [5.41, 5.74) is 0.943. The summed E-state index contributed by atoms with van der Waals surface area (Å²) in [5.74, 6) is 0.819. The van der Waals surface area contributed by atoms with Gasteiger partial charge in [0.25, 0.3) is 0 Å². The molecule has 0 atom stereocenters. The number of quaternary nitrogens is 1. The number of carbonyl (C=O) groups is 1. The monoisotopic (exact) mass is 292 g/mol. The van der Waals surface area contributed by atoms with Gasteiger partial charge in [-0.2, -0.15) is 4.79 Å². The maximum Gasteiger partial charge on any atom is 0.513 e. The molecule has 1 heterocycles. The number of phenols is 1. The third-order valence-electron chi connectivity index (χ3n) is 4.95. The molecule has 1 aromatic carbocycles. The number of hydrogen-bond donors (Lipinski definition) is 2. The van der Waals surface area contributed by atoms with Crippen molar-refractivity contribution in [3.63, 3.8) is 0 Å². The Morgan fingerprint density at radius 1 is 1.19 bits per heavy atom. The SMILES string of the molecule is CC(C)(C)[N+]1(C(=O)O)CCC(Cc2ccc(O)cc2)CC1. The molecule has 0 aliphatic carbocycles. The van der Waals surface area contributed by atoms with E-state index in [0.29, 0.717) is 19.0 Å². The fraction of sp³-hybridized carbons (Fsp3) is 0.588. The van der Waals surface area contributed by atoms with E-state index in [4.69, 9.17) is 0 Å². The molecule has 1 fully saturated rings. The van der Waals surface area contributed by atoms with E-state index in [9.17, 15) is 15.0 Å². The van der Waals surface area contributed by atoms with Gasteiger partial charge in [-0.15, -0.1) is 0 Å². The quantitative estimate of drug-likeness (QED) is 0.818. The Kier molecular flexibility index (Phi) is 4.28. The molecule has 0 spiro atoms. The van der Waals surface area contributed by atoms with Crippen molar-refractivity contribution in [2.24, 2.45) is 5.92 Å². The Hall–Kier alpha value is -1.55. The number of hydrogen-bond acceptors (Lipinski definition) is 2. The molecule has 0 bridgehead atoms. The average Bonchev–Trinajstić information content (AvgIpc) is 2.40. The van der Waals surface area contributed by atoms with Crippen LogP contribution < -0.4 is 0 Å². The second kappa shape index (κ2) is 5.68. The van der Waals surface area contributed by atoms with Crippen LogP contribution in [0.1, 0.15) is 39.2 Å². The fourth-order valence-electron chi connectivity index (χ4n) is 3.38. The van der Waals surface area contributed by atoms with Crippen LogP contribution >= 0.6 is 0 Å². The third-order valence-corrected chi connectivity index (χ3v) is 4.95. The lowest BCUT2D eigenvalue weighted by Crippen LogP contribution is -2.66. The number of piperidine rings is 1. The molecule has 0 saturated carbocycles. The molecule has 1 saturated heterocycles. The first-order valence-corrected chi connectivity index (χ1v) is 7.63. The minimum atomic E-state index is -0.703. The summed E-state index contributed by atoms with van der Waals surface area (Å²) in [7, 11) is 0. The van der Waals surface area contributed by atoms with Crippen LogP contribution in [-0.4, -0.2) is 39.4 Å². The van der Waals surface area contributed by atoms with Crippen LogP contribution in [0.15, 0.2) is 24.3 Å². The summed E-state index contributed by atoms with van der Waals surface area (Å²) in [4.78, 5) is 11.8. The van der Waals surface area contributed by atoms with Gasteiger partial charge in [0.2, 0.25) is 0 Å². The van der Waals surface area contributed by atoms with Crippen molar-refractivity contribution in [2.75, 3.05) is 13.1 Å². The molecule has 4 nitrogen and oxygen atoms in total. The highest BCUT2D eigenvalue weighted by molar-refractivity contribution is 5.57. The lowest BCUT2D eigenvalue weighted by Gasteiger charge is -2.47. The van der Waals surface area contributed by atoms with E-state index in [1.54, 1.807) is 12.1 Å². The number of likely N-dealkylation sites (tertiary alicyclic amines) is 1. The summed E-state index contributed by atoms with van der Waals surface area (Å²) in [5, 5.41) is 19.0. The standard InChI is InChI=1S/C17H25NO3/c1-17(2,3)18(16(20)21)10-8-14(9-11-18)12-13-4-6-15(19)7-5-13/h4-7,14H,8-12H2,1-3H3,(H-,19,20,21)/p+1. The van der Waals surface area contributed by atoms with Crippen LogP contribution in [0.25, 0.3) is 0 Å². The topological polar surface area (TPSA) is 57.5 Å². The van der Waals surface area contributed by atoms with Gasteiger partial charge in [0.1, 0.15) is 11.3 Å². The van der Waals surface area contributed by atoms with Gasteiger partial charge in [-0.1, -0.05) is 12.1 Å². The molecule has 2 rings (SSSR count). The van der Waals surface area contributed by atoms with Crippen LogP contribution in [0.5, 0.6) is 5.75 Å². The van der Waals surface area contributed by atoms with Crippen molar-refractivity contribution < 1.29 is 19.5 Å². The van der Waals surface area contributed by atoms with Crippen molar-refractivity contribution in [3.8, 4) is 5.75 Å². The minimum absolute atomic E-state index is 0.166. The summed E-state index contributed by atoms with van der Waals surface area (Å²) < 4.78 is 0.166. The van der Waals surface area contributed by atoms with E-state index in [2.05, 4.69) is 0 Å². The summed E-state index contributed by atoms with van der Waals surface area (Å²) in [6.45, 7) is 7.44. The van der Waals surface area contributed by atoms with E-state index in [-0.39, 0.29) is 15.8 Å². The van der Waals surface area contributed by atoms with E-state index in [1.807, 2.05) is 32.9 Å². The molecule has 1 aliphatic heterocycles. The lowest BCUT2D eigenvalue weighted by molar-refractivity contribution is -0.909. The van der Waals surface area contributed by atoms with Crippen LogP contribution in [0.3, 0.4) is 0 Å². The molecule has 0 unspecified atom stereocenters. The zero-order valence-corrected chi connectivity index (χ0v) is 13.2. The van der Waals surface area contributed by atoms with Crippen molar-refractivity contribution >= 4 is 6.09 Å². The number of amides is 1. The molecular weight excluding hydrogens is 266 g/mol. The third kappa shape index (κ3) is 3.21. The van der Waals surface area contributed by atoms with Gasteiger partial charge < -0.3 is 10.2 Å². The van der Waals surface area contributed by atoms with Gasteiger partial charge in [-0.25, -0.2) is 4.48 Å². The number of carboxylic acid groups (broad SMARTS) is 1.